The summed E-state index contributed by atoms with van der Waals surface area (Å²) in [5.74, 6) is 4.22. The molecular formula is C13H17NO5S2. The summed E-state index contributed by atoms with van der Waals surface area (Å²) in [6, 6.07) is 1.79. The van der Waals surface area contributed by atoms with Gasteiger partial charge in [0.2, 0.25) is 10.0 Å². The molecule has 0 bridgehead atoms. The third kappa shape index (κ3) is 5.85. The fourth-order valence-electron chi connectivity index (χ4n) is 1.40. The zero-order valence-electron chi connectivity index (χ0n) is 11.8. The molecule has 1 aromatic heterocycles. The molecule has 0 spiro atoms. The number of hydrogen-bond donors (Lipinski definition) is 1. The van der Waals surface area contributed by atoms with Gasteiger partial charge in [0.25, 0.3) is 0 Å². The van der Waals surface area contributed by atoms with E-state index in [2.05, 4.69) is 16.6 Å². The number of nitrogens with zero attached hydrogens (tertiary/aromatic N) is 1. The average Bonchev–Trinajstić information content (AvgIpc) is 2.86. The minimum absolute atomic E-state index is 0.0136. The third-order valence-electron chi connectivity index (χ3n) is 2.51. The molecular weight excluding hydrogens is 314 g/mol. The molecule has 0 saturated heterocycles. The Balaban J connectivity index is 2.69. The number of sulfonamides is 1. The molecule has 21 heavy (non-hydrogen) atoms. The normalized spacial score (nSPS) is 11.0. The van der Waals surface area contributed by atoms with Gasteiger partial charge in [0.15, 0.2) is 5.75 Å². The molecule has 0 amide bonds. The predicted octanol–water partition coefficient (Wildman–Crippen LogP) is 0.417. The Labute approximate surface area is 128 Å². The maximum atomic E-state index is 11.9. The Bertz CT molecular complexity index is 639. The number of carbonyl (C=O) groups is 1. The fraction of sp³-hybridized carbons (Fsp3) is 0.462. The maximum absolute atomic E-state index is 11.9. The summed E-state index contributed by atoms with van der Waals surface area (Å²) in [6.45, 7) is 0.178. The SMILES string of the molecule is COC(=O)CS(=O)(=O)N(C)Cc1csc(C#CCCO)c1. The van der Waals surface area contributed by atoms with Crippen molar-refractivity contribution in [1.82, 2.24) is 4.31 Å². The summed E-state index contributed by atoms with van der Waals surface area (Å²) in [4.78, 5) is 11.9. The lowest BCUT2D eigenvalue weighted by molar-refractivity contribution is -0.137. The van der Waals surface area contributed by atoms with Crippen molar-refractivity contribution >= 4 is 27.3 Å². The molecule has 0 radical (unpaired) electrons. The molecule has 0 aliphatic rings. The number of hydrogen-bond acceptors (Lipinski definition) is 6. The first kappa shape index (κ1) is 17.7. The van der Waals surface area contributed by atoms with E-state index in [1.807, 2.05) is 5.38 Å². The van der Waals surface area contributed by atoms with E-state index >= 15 is 0 Å². The zero-order valence-corrected chi connectivity index (χ0v) is 13.5. The monoisotopic (exact) mass is 331 g/mol. The van der Waals surface area contributed by atoms with Crippen molar-refractivity contribution in [2.75, 3.05) is 26.5 Å². The molecule has 6 nitrogen and oxygen atoms in total. The average molecular weight is 331 g/mol. The standard InChI is InChI=1S/C13H17NO5S2/c1-14(21(17,18)10-13(16)19-2)8-11-7-12(20-9-11)5-3-4-6-15/h7,9,15H,4,6,8,10H2,1-2H3. The van der Waals surface area contributed by atoms with Crippen LogP contribution in [0.2, 0.25) is 0 Å². The van der Waals surface area contributed by atoms with Crippen molar-refractivity contribution in [3.8, 4) is 11.8 Å². The number of methoxy groups -OCH3 is 1. The van der Waals surface area contributed by atoms with Crippen LogP contribution in [0.15, 0.2) is 11.4 Å². The van der Waals surface area contributed by atoms with Crippen molar-refractivity contribution < 1.29 is 23.1 Å². The molecule has 0 fully saturated rings. The largest absolute Gasteiger partial charge is 0.468 e. The van der Waals surface area contributed by atoms with Gasteiger partial charge in [0, 0.05) is 20.0 Å². The van der Waals surface area contributed by atoms with E-state index in [0.717, 1.165) is 21.9 Å². The molecule has 1 N–H and O–H groups in total. The third-order valence-corrected chi connectivity index (χ3v) is 5.08. The van der Waals surface area contributed by atoms with E-state index in [1.165, 1.54) is 18.4 Å². The van der Waals surface area contributed by atoms with Gasteiger partial charge in [-0.25, -0.2) is 12.7 Å². The first-order chi connectivity index (χ1) is 9.89. The second-order valence-corrected chi connectivity index (χ2v) is 7.17. The van der Waals surface area contributed by atoms with Crippen molar-refractivity contribution in [2.45, 2.75) is 13.0 Å². The number of esters is 1. The molecule has 116 valence electrons. The van der Waals surface area contributed by atoms with Crippen LogP contribution in [0.5, 0.6) is 0 Å². The van der Waals surface area contributed by atoms with Gasteiger partial charge >= 0.3 is 5.97 Å². The van der Waals surface area contributed by atoms with E-state index < -0.39 is 21.7 Å². The first-order valence-electron chi connectivity index (χ1n) is 6.07. The van der Waals surface area contributed by atoms with Crippen LogP contribution in [0, 0.1) is 11.8 Å². The van der Waals surface area contributed by atoms with Gasteiger partial charge in [-0.15, -0.1) is 11.3 Å². The van der Waals surface area contributed by atoms with E-state index in [0.29, 0.717) is 6.42 Å². The highest BCUT2D eigenvalue weighted by molar-refractivity contribution is 7.89. The van der Waals surface area contributed by atoms with Gasteiger partial charge in [-0.1, -0.05) is 11.8 Å². The van der Waals surface area contributed by atoms with Gasteiger partial charge in [0.05, 0.1) is 18.6 Å². The number of rotatable bonds is 6. The van der Waals surface area contributed by atoms with E-state index in [-0.39, 0.29) is 13.2 Å². The number of thiophene rings is 1. The minimum Gasteiger partial charge on any atom is -0.468 e. The van der Waals surface area contributed by atoms with Gasteiger partial charge in [0.1, 0.15) is 0 Å². The summed E-state index contributed by atoms with van der Waals surface area (Å²) in [6.07, 6.45) is 0.403. The van der Waals surface area contributed by atoms with Gasteiger partial charge in [-0.05, 0) is 17.0 Å². The quantitative estimate of drug-likeness (QED) is 0.603. The summed E-state index contributed by atoms with van der Waals surface area (Å²) in [5, 5.41) is 10.5. The van der Waals surface area contributed by atoms with Gasteiger partial charge in [-0.3, -0.25) is 4.79 Å². The van der Waals surface area contributed by atoms with Crippen LogP contribution in [0.25, 0.3) is 0 Å². The second-order valence-electron chi connectivity index (χ2n) is 4.18. The first-order valence-corrected chi connectivity index (χ1v) is 8.56. The molecule has 1 aromatic rings. The highest BCUT2D eigenvalue weighted by atomic mass is 32.2. The van der Waals surface area contributed by atoms with E-state index in [1.54, 1.807) is 6.07 Å². The van der Waals surface area contributed by atoms with Crippen LogP contribution in [0.3, 0.4) is 0 Å². The van der Waals surface area contributed by atoms with Crippen molar-refractivity contribution in [3.63, 3.8) is 0 Å². The highest BCUT2D eigenvalue weighted by Gasteiger charge is 2.22. The van der Waals surface area contributed by atoms with Crippen molar-refractivity contribution in [1.29, 1.82) is 0 Å². The molecule has 0 aliphatic heterocycles. The van der Waals surface area contributed by atoms with Crippen LogP contribution in [0.1, 0.15) is 16.9 Å². The molecule has 0 aliphatic carbocycles. The van der Waals surface area contributed by atoms with Crippen molar-refractivity contribution in [2.24, 2.45) is 0 Å². The number of aliphatic hydroxyl groups excluding tert-OH is 1. The molecule has 8 heteroatoms. The number of carbonyl (C=O) groups excluding carboxylic acids is 1. The molecule has 0 unspecified atom stereocenters. The number of aliphatic hydroxyl groups is 1. The lowest BCUT2D eigenvalue weighted by Crippen LogP contribution is -2.32. The lowest BCUT2D eigenvalue weighted by Gasteiger charge is -2.15. The fourth-order valence-corrected chi connectivity index (χ4v) is 3.16. The maximum Gasteiger partial charge on any atom is 0.322 e. The molecule has 0 saturated carbocycles. The molecule has 1 heterocycles. The summed E-state index contributed by atoms with van der Waals surface area (Å²) < 4.78 is 29.3. The molecule has 1 rings (SSSR count). The summed E-state index contributed by atoms with van der Waals surface area (Å²) in [5.41, 5.74) is 0.796. The van der Waals surface area contributed by atoms with Gasteiger partial charge in [-0.2, -0.15) is 0 Å². The highest BCUT2D eigenvalue weighted by Crippen LogP contribution is 2.16. The van der Waals surface area contributed by atoms with E-state index in [9.17, 15) is 13.2 Å². The Hall–Kier alpha value is -1.40. The van der Waals surface area contributed by atoms with Crippen LogP contribution in [0.4, 0.5) is 0 Å². The Kier molecular flexibility index (Phi) is 6.84. The van der Waals surface area contributed by atoms with Crippen molar-refractivity contribution in [3.05, 3.63) is 21.9 Å². The predicted molar refractivity (Wildman–Crippen MR) is 80.2 cm³/mol. The van der Waals surface area contributed by atoms with Crippen LogP contribution >= 0.6 is 11.3 Å². The Morgan fingerprint density at radius 2 is 2.24 bits per heavy atom. The molecule has 0 atom stereocenters. The number of ether oxygens (including phenoxy) is 1. The smallest absolute Gasteiger partial charge is 0.322 e. The Morgan fingerprint density at radius 3 is 2.86 bits per heavy atom. The van der Waals surface area contributed by atoms with Crippen LogP contribution in [-0.2, 0) is 26.1 Å². The van der Waals surface area contributed by atoms with Crippen LogP contribution in [-0.4, -0.2) is 50.3 Å². The molecule has 0 aromatic carbocycles. The lowest BCUT2D eigenvalue weighted by atomic mass is 10.3. The minimum atomic E-state index is -3.69. The zero-order chi connectivity index (χ0) is 15.9. The second kappa shape index (κ2) is 8.14. The summed E-state index contributed by atoms with van der Waals surface area (Å²) >= 11 is 1.40. The van der Waals surface area contributed by atoms with Crippen LogP contribution < -0.4 is 0 Å². The summed E-state index contributed by atoms with van der Waals surface area (Å²) in [7, 11) is -1.13. The topological polar surface area (TPSA) is 83.9 Å². The van der Waals surface area contributed by atoms with Gasteiger partial charge < -0.3 is 9.84 Å². The Morgan fingerprint density at radius 1 is 1.52 bits per heavy atom. The van der Waals surface area contributed by atoms with E-state index in [4.69, 9.17) is 5.11 Å².